The van der Waals surface area contributed by atoms with Crippen molar-refractivity contribution in [2.24, 2.45) is 7.05 Å². The summed E-state index contributed by atoms with van der Waals surface area (Å²) in [6.45, 7) is 0. The summed E-state index contributed by atoms with van der Waals surface area (Å²) in [5.74, 6) is -0.482. The van der Waals surface area contributed by atoms with Gasteiger partial charge >= 0.3 is 0 Å². The molecule has 0 amide bonds. The molecule has 0 aliphatic carbocycles. The lowest BCUT2D eigenvalue weighted by molar-refractivity contribution is 0.503. The lowest BCUT2D eigenvalue weighted by Gasteiger charge is -2.23. The van der Waals surface area contributed by atoms with E-state index in [2.05, 4.69) is 5.32 Å². The zero-order valence-electron chi connectivity index (χ0n) is 14.8. The van der Waals surface area contributed by atoms with Crippen LogP contribution in [0.1, 0.15) is 30.1 Å². The monoisotopic (exact) mass is 406 g/mol. The maximum atomic E-state index is 15.0. The molecule has 1 N–H and O–H groups in total. The number of hydrogen-bond donors (Lipinski definition) is 1. The van der Waals surface area contributed by atoms with E-state index >= 15 is 0 Å². The number of nitrogens with one attached hydrogen (secondary N) is 1. The van der Waals surface area contributed by atoms with Crippen molar-refractivity contribution in [3.05, 3.63) is 59.5 Å². The van der Waals surface area contributed by atoms with Crippen molar-refractivity contribution in [1.29, 1.82) is 0 Å². The molecule has 0 spiro atoms. The van der Waals surface area contributed by atoms with Crippen molar-refractivity contribution in [2.45, 2.75) is 41.1 Å². The Bertz CT molecular complexity index is 1140. The summed E-state index contributed by atoms with van der Waals surface area (Å²) < 4.78 is 42.8. The van der Waals surface area contributed by atoms with Gasteiger partial charge in [-0.15, -0.1) is 12.4 Å². The predicted octanol–water partition coefficient (Wildman–Crippen LogP) is 3.92. The topological polar surface area (TPSA) is 51.1 Å². The molecule has 1 saturated heterocycles. The molecule has 7 heteroatoms. The molecule has 5 rings (SSSR count). The molecule has 2 bridgehead atoms. The van der Waals surface area contributed by atoms with Gasteiger partial charge in [-0.25, -0.2) is 12.8 Å². The minimum Gasteiger partial charge on any atom is -0.345 e. The largest absolute Gasteiger partial charge is 0.345 e. The van der Waals surface area contributed by atoms with Crippen LogP contribution in [0, 0.1) is 5.82 Å². The van der Waals surface area contributed by atoms with Crippen molar-refractivity contribution >= 4 is 33.1 Å². The van der Waals surface area contributed by atoms with Crippen LogP contribution >= 0.6 is 12.4 Å². The van der Waals surface area contributed by atoms with Gasteiger partial charge in [0, 0.05) is 36.6 Å². The molecule has 2 aromatic carbocycles. The first kappa shape index (κ1) is 18.5. The van der Waals surface area contributed by atoms with Gasteiger partial charge in [0.2, 0.25) is 9.84 Å². The maximum Gasteiger partial charge on any atom is 0.206 e. The highest BCUT2D eigenvalue weighted by atomic mass is 35.5. The van der Waals surface area contributed by atoms with Gasteiger partial charge in [0.25, 0.3) is 0 Å². The summed E-state index contributed by atoms with van der Waals surface area (Å²) in [5, 5.41) is 4.29. The predicted molar refractivity (Wildman–Crippen MR) is 105 cm³/mol. The zero-order valence-corrected chi connectivity index (χ0v) is 16.4. The van der Waals surface area contributed by atoms with Gasteiger partial charge in [0.15, 0.2) is 0 Å². The minimum atomic E-state index is -3.75. The molecule has 0 radical (unpaired) electrons. The summed E-state index contributed by atoms with van der Waals surface area (Å²) in [4.78, 5) is 0.199. The highest BCUT2D eigenvalue weighted by Crippen LogP contribution is 2.43. The van der Waals surface area contributed by atoms with Crippen LogP contribution in [0.25, 0.3) is 10.9 Å². The summed E-state index contributed by atoms with van der Waals surface area (Å²) in [5.41, 5.74) is 2.69. The van der Waals surface area contributed by atoms with E-state index in [0.29, 0.717) is 11.6 Å². The zero-order chi connectivity index (χ0) is 18.1. The van der Waals surface area contributed by atoms with Crippen LogP contribution in [0.5, 0.6) is 0 Å². The van der Waals surface area contributed by atoms with E-state index in [-0.39, 0.29) is 28.2 Å². The average Bonchev–Trinajstić information content (AvgIpc) is 3.15. The molecule has 4 nitrogen and oxygen atoms in total. The third kappa shape index (κ3) is 2.62. The van der Waals surface area contributed by atoms with Crippen LogP contribution in [0.2, 0.25) is 0 Å². The molecular weight excluding hydrogens is 387 g/mol. The van der Waals surface area contributed by atoms with E-state index in [1.807, 2.05) is 11.6 Å². The number of rotatable bonds is 2. The molecule has 2 aliphatic rings. The summed E-state index contributed by atoms with van der Waals surface area (Å²) in [7, 11) is -1.88. The molecule has 2 aliphatic heterocycles. The van der Waals surface area contributed by atoms with Gasteiger partial charge in [0.1, 0.15) is 5.82 Å². The Morgan fingerprint density at radius 2 is 1.85 bits per heavy atom. The molecule has 3 aromatic rings. The molecule has 1 fully saturated rings. The summed E-state index contributed by atoms with van der Waals surface area (Å²) >= 11 is 0. The molecular formula is C20H20ClFN2O2S. The molecule has 0 saturated carbocycles. The second-order valence-electron chi connectivity index (χ2n) is 7.23. The number of aromatic nitrogens is 1. The van der Waals surface area contributed by atoms with E-state index in [1.54, 1.807) is 36.4 Å². The van der Waals surface area contributed by atoms with E-state index in [1.165, 1.54) is 0 Å². The lowest BCUT2D eigenvalue weighted by Crippen LogP contribution is -2.32. The smallest absolute Gasteiger partial charge is 0.206 e. The molecule has 27 heavy (non-hydrogen) atoms. The first-order valence-electron chi connectivity index (χ1n) is 8.83. The SMILES string of the molecule is Cl.Cn1c2c(c3cc(S(=O)(=O)c4ccccc4)cc(F)c31)C1CCC(C2)N1. The van der Waals surface area contributed by atoms with E-state index in [4.69, 9.17) is 0 Å². The standard InChI is InChI=1S/C20H19FN2O2S.ClH/c1-23-18-9-12-7-8-17(22-12)19(18)15-10-14(11-16(21)20(15)23)26(24,25)13-5-3-2-4-6-13;/h2-6,10-12,17,22H,7-9H2,1H3;1H. The second kappa shape index (κ2) is 6.33. The fourth-order valence-corrected chi connectivity index (χ4v) is 5.88. The van der Waals surface area contributed by atoms with Crippen molar-refractivity contribution < 1.29 is 12.8 Å². The van der Waals surface area contributed by atoms with Gasteiger partial charge in [-0.1, -0.05) is 18.2 Å². The number of fused-ring (bicyclic) bond motifs is 6. The normalized spacial score (nSPS) is 21.1. The van der Waals surface area contributed by atoms with Crippen molar-refractivity contribution in [1.82, 2.24) is 9.88 Å². The first-order valence-corrected chi connectivity index (χ1v) is 10.3. The highest BCUT2D eigenvalue weighted by molar-refractivity contribution is 7.91. The van der Waals surface area contributed by atoms with E-state index in [9.17, 15) is 12.8 Å². The Hall–Kier alpha value is -1.89. The van der Waals surface area contributed by atoms with E-state index < -0.39 is 15.7 Å². The van der Waals surface area contributed by atoms with Gasteiger partial charge in [-0.3, -0.25) is 0 Å². The number of aryl methyl sites for hydroxylation is 1. The van der Waals surface area contributed by atoms with Gasteiger partial charge in [0.05, 0.1) is 15.3 Å². The van der Waals surface area contributed by atoms with Crippen LogP contribution in [-0.2, 0) is 23.3 Å². The van der Waals surface area contributed by atoms with Gasteiger partial charge in [-0.05, 0) is 42.7 Å². The number of sulfone groups is 1. The van der Waals surface area contributed by atoms with Crippen LogP contribution in [-0.4, -0.2) is 19.0 Å². The Balaban J connectivity index is 0.00000180. The average molecular weight is 407 g/mol. The number of hydrogen-bond acceptors (Lipinski definition) is 3. The third-order valence-corrected chi connectivity index (χ3v) is 7.52. The summed E-state index contributed by atoms with van der Waals surface area (Å²) in [6, 6.07) is 11.6. The Kier molecular flexibility index (Phi) is 4.33. The van der Waals surface area contributed by atoms with Crippen LogP contribution in [0.3, 0.4) is 0 Å². The van der Waals surface area contributed by atoms with Gasteiger partial charge < -0.3 is 9.88 Å². The quantitative estimate of drug-likeness (QED) is 0.701. The summed E-state index contributed by atoms with van der Waals surface area (Å²) in [6.07, 6.45) is 2.97. The third-order valence-electron chi connectivity index (χ3n) is 5.77. The highest BCUT2D eigenvalue weighted by Gasteiger charge is 2.37. The van der Waals surface area contributed by atoms with Gasteiger partial charge in [-0.2, -0.15) is 0 Å². The van der Waals surface area contributed by atoms with E-state index in [0.717, 1.165) is 42.0 Å². The second-order valence-corrected chi connectivity index (χ2v) is 9.18. The minimum absolute atomic E-state index is 0. The number of halogens is 2. The fraction of sp³-hybridized carbons (Fsp3) is 0.300. The number of benzene rings is 2. The van der Waals surface area contributed by atoms with Crippen LogP contribution in [0.4, 0.5) is 4.39 Å². The first-order chi connectivity index (χ1) is 12.5. The molecule has 2 atom stereocenters. The van der Waals surface area contributed by atoms with Crippen LogP contribution < -0.4 is 5.32 Å². The van der Waals surface area contributed by atoms with Crippen molar-refractivity contribution in [3.63, 3.8) is 0 Å². The number of nitrogens with zero attached hydrogens (tertiary/aromatic N) is 1. The maximum absolute atomic E-state index is 15.0. The lowest BCUT2D eigenvalue weighted by atomic mass is 9.99. The Morgan fingerprint density at radius 3 is 2.59 bits per heavy atom. The molecule has 3 heterocycles. The van der Waals surface area contributed by atoms with Crippen LogP contribution in [0.15, 0.2) is 52.3 Å². The van der Waals surface area contributed by atoms with Crippen molar-refractivity contribution in [3.8, 4) is 0 Å². The molecule has 2 unspecified atom stereocenters. The molecule has 1 aromatic heterocycles. The van der Waals surface area contributed by atoms with Crippen molar-refractivity contribution in [2.75, 3.05) is 0 Å². The Morgan fingerprint density at radius 1 is 1.11 bits per heavy atom. The fourth-order valence-electron chi connectivity index (χ4n) is 4.56. The molecule has 142 valence electrons. The Labute approximate surface area is 163 Å².